The summed E-state index contributed by atoms with van der Waals surface area (Å²) in [5.74, 6) is -1.08. The summed E-state index contributed by atoms with van der Waals surface area (Å²) in [7, 11) is 0. The van der Waals surface area contributed by atoms with E-state index in [2.05, 4.69) is 22.9 Å². The lowest BCUT2D eigenvalue weighted by Crippen LogP contribution is -2.45. The molecule has 0 aromatic heterocycles. The molecule has 0 radical (unpaired) electrons. The van der Waals surface area contributed by atoms with Crippen LogP contribution in [0, 0.1) is 5.92 Å². The maximum atomic E-state index is 12.8. The molecule has 1 aromatic carbocycles. The maximum absolute atomic E-state index is 12.8. The van der Waals surface area contributed by atoms with Crippen molar-refractivity contribution in [3.8, 4) is 5.75 Å². The Kier molecular flexibility index (Phi) is 7.19. The maximum Gasteiger partial charge on any atom is 0.341 e. The van der Waals surface area contributed by atoms with Gasteiger partial charge in [0.15, 0.2) is 6.61 Å². The van der Waals surface area contributed by atoms with Crippen molar-refractivity contribution in [3.63, 3.8) is 0 Å². The first-order valence-electron chi connectivity index (χ1n) is 9.42. The predicted octanol–water partition coefficient (Wildman–Crippen LogP) is 3.21. The summed E-state index contributed by atoms with van der Waals surface area (Å²) in [6.45, 7) is 2.59. The normalized spacial score (nSPS) is 18.9. The summed E-state index contributed by atoms with van der Waals surface area (Å²) < 4.78 is 5.96. The third-order valence-electron chi connectivity index (χ3n) is 4.91. The van der Waals surface area contributed by atoms with Gasteiger partial charge in [0.05, 0.1) is 4.91 Å². The molecule has 2 saturated heterocycles. The second-order valence-corrected chi connectivity index (χ2v) is 9.10. The van der Waals surface area contributed by atoms with Crippen LogP contribution in [0.2, 0.25) is 0 Å². The molecule has 2 heterocycles. The molecule has 3 rings (SSSR count). The average Bonchev–Trinajstić information content (AvgIpc) is 2.95. The minimum Gasteiger partial charge on any atom is -0.481 e. The van der Waals surface area contributed by atoms with Gasteiger partial charge in [-0.3, -0.25) is 19.3 Å². The number of rotatable bonds is 6. The van der Waals surface area contributed by atoms with Crippen molar-refractivity contribution < 1.29 is 29.0 Å². The summed E-state index contributed by atoms with van der Waals surface area (Å²) in [6.07, 6.45) is 3.30. The number of hydrogen-bond donors (Lipinski definition) is 1. The highest BCUT2D eigenvalue weighted by atomic mass is 79.9. The molecule has 0 spiro atoms. The van der Waals surface area contributed by atoms with Crippen LogP contribution < -0.4 is 4.74 Å². The number of hydrogen-bond acceptors (Lipinski definition) is 6. The lowest BCUT2D eigenvalue weighted by molar-refractivity contribution is -0.139. The van der Waals surface area contributed by atoms with Crippen LogP contribution >= 0.6 is 27.7 Å². The topological polar surface area (TPSA) is 104 Å². The van der Waals surface area contributed by atoms with Gasteiger partial charge >= 0.3 is 5.97 Å². The molecule has 2 fully saturated rings. The number of aliphatic carboxylic acids is 1. The number of carboxylic acid groups (broad SMARTS) is 1. The molecule has 160 valence electrons. The molecule has 30 heavy (non-hydrogen) atoms. The van der Waals surface area contributed by atoms with Crippen LogP contribution in [-0.2, 0) is 14.4 Å². The Bertz CT molecular complexity index is 911. The molecular formula is C20H21BrN2O6S. The Morgan fingerprint density at radius 1 is 1.30 bits per heavy atom. The van der Waals surface area contributed by atoms with Crippen molar-refractivity contribution in [3.05, 3.63) is 33.1 Å². The van der Waals surface area contributed by atoms with Crippen LogP contribution in [0.5, 0.6) is 5.75 Å². The lowest BCUT2D eigenvalue weighted by Gasteiger charge is -2.31. The number of imide groups is 1. The Morgan fingerprint density at radius 2 is 2.00 bits per heavy atom. The molecule has 8 nitrogen and oxygen atoms in total. The van der Waals surface area contributed by atoms with Gasteiger partial charge in [-0.1, -0.05) is 22.9 Å². The number of amides is 3. The van der Waals surface area contributed by atoms with Crippen molar-refractivity contribution in [1.29, 1.82) is 0 Å². The van der Waals surface area contributed by atoms with Gasteiger partial charge in [0, 0.05) is 23.1 Å². The van der Waals surface area contributed by atoms with Crippen LogP contribution in [0.3, 0.4) is 0 Å². The van der Waals surface area contributed by atoms with E-state index in [1.54, 1.807) is 23.1 Å². The van der Waals surface area contributed by atoms with Crippen molar-refractivity contribution in [2.75, 3.05) is 26.2 Å². The van der Waals surface area contributed by atoms with E-state index >= 15 is 0 Å². The molecule has 0 atom stereocenters. The zero-order valence-electron chi connectivity index (χ0n) is 16.3. The summed E-state index contributed by atoms with van der Waals surface area (Å²) >= 11 is 4.07. The van der Waals surface area contributed by atoms with E-state index in [4.69, 9.17) is 9.84 Å². The first-order chi connectivity index (χ1) is 14.2. The summed E-state index contributed by atoms with van der Waals surface area (Å²) in [5.41, 5.74) is 0.451. The number of halogens is 1. The fourth-order valence-corrected chi connectivity index (χ4v) is 4.38. The third-order valence-corrected chi connectivity index (χ3v) is 6.31. The van der Waals surface area contributed by atoms with Gasteiger partial charge in [0.1, 0.15) is 12.3 Å². The molecule has 2 aliphatic heterocycles. The van der Waals surface area contributed by atoms with Gasteiger partial charge in [0.2, 0.25) is 5.91 Å². The number of carboxylic acids is 1. The Morgan fingerprint density at radius 3 is 2.67 bits per heavy atom. The average molecular weight is 497 g/mol. The smallest absolute Gasteiger partial charge is 0.341 e. The Balaban J connectivity index is 1.74. The number of ether oxygens (including phenoxy) is 1. The minimum absolute atomic E-state index is 0.151. The van der Waals surface area contributed by atoms with Crippen molar-refractivity contribution >= 4 is 56.8 Å². The van der Waals surface area contributed by atoms with Crippen LogP contribution in [0.25, 0.3) is 6.08 Å². The van der Waals surface area contributed by atoms with Crippen molar-refractivity contribution in [2.45, 2.75) is 19.8 Å². The van der Waals surface area contributed by atoms with E-state index in [9.17, 15) is 19.2 Å². The van der Waals surface area contributed by atoms with Crippen LogP contribution in [0.1, 0.15) is 25.3 Å². The second-order valence-electron chi connectivity index (χ2n) is 7.20. The summed E-state index contributed by atoms with van der Waals surface area (Å²) in [6, 6.07) is 4.91. The van der Waals surface area contributed by atoms with E-state index < -0.39 is 23.7 Å². The van der Waals surface area contributed by atoms with Crippen molar-refractivity contribution in [1.82, 2.24) is 9.80 Å². The fraction of sp³-hybridized carbons (Fsp3) is 0.400. The number of thioether (sulfide) groups is 1. The Labute approximate surface area is 186 Å². The summed E-state index contributed by atoms with van der Waals surface area (Å²) in [5, 5.41) is 8.32. The predicted molar refractivity (Wildman–Crippen MR) is 115 cm³/mol. The molecule has 0 saturated carbocycles. The van der Waals surface area contributed by atoms with E-state index in [1.807, 2.05) is 0 Å². The van der Waals surface area contributed by atoms with Crippen LogP contribution in [0.15, 0.2) is 27.6 Å². The Hall–Kier alpha value is -2.33. The largest absolute Gasteiger partial charge is 0.481 e. The van der Waals surface area contributed by atoms with E-state index in [1.165, 1.54) is 6.08 Å². The SMILES string of the molecule is CC1CCN(C(=O)CN2C(=O)SC(=Cc3cc(Br)ccc3OCC(=O)O)C2=O)CC1. The molecule has 2 aliphatic rings. The van der Waals surface area contributed by atoms with Gasteiger partial charge in [-0.15, -0.1) is 0 Å². The molecule has 3 amide bonds. The molecule has 0 aliphatic carbocycles. The first-order valence-corrected chi connectivity index (χ1v) is 11.0. The van der Waals surface area contributed by atoms with Crippen molar-refractivity contribution in [2.24, 2.45) is 5.92 Å². The molecular weight excluding hydrogens is 476 g/mol. The second kappa shape index (κ2) is 9.65. The van der Waals surface area contributed by atoms with Gasteiger partial charge in [-0.05, 0) is 54.8 Å². The molecule has 1 N–H and O–H groups in total. The fourth-order valence-electron chi connectivity index (χ4n) is 3.17. The van der Waals surface area contributed by atoms with Gasteiger partial charge in [0.25, 0.3) is 11.1 Å². The number of benzene rings is 1. The first kappa shape index (κ1) is 22.4. The molecule has 0 unspecified atom stereocenters. The molecule has 10 heteroatoms. The number of carbonyl (C=O) groups excluding carboxylic acids is 3. The zero-order chi connectivity index (χ0) is 21.8. The van der Waals surface area contributed by atoms with Crippen LogP contribution in [-0.4, -0.2) is 64.2 Å². The zero-order valence-corrected chi connectivity index (χ0v) is 18.7. The van der Waals surface area contributed by atoms with Crippen LogP contribution in [0.4, 0.5) is 4.79 Å². The van der Waals surface area contributed by atoms with Gasteiger partial charge < -0.3 is 14.7 Å². The summed E-state index contributed by atoms with van der Waals surface area (Å²) in [4.78, 5) is 51.2. The number of nitrogens with zero attached hydrogens (tertiary/aromatic N) is 2. The molecule has 0 bridgehead atoms. The van der Waals surface area contributed by atoms with E-state index in [-0.39, 0.29) is 23.1 Å². The molecule has 1 aromatic rings. The van der Waals surface area contributed by atoms with E-state index in [0.717, 1.165) is 29.5 Å². The number of likely N-dealkylation sites (tertiary alicyclic amines) is 1. The van der Waals surface area contributed by atoms with Gasteiger partial charge in [-0.25, -0.2) is 4.79 Å². The van der Waals surface area contributed by atoms with Gasteiger partial charge in [-0.2, -0.15) is 0 Å². The highest BCUT2D eigenvalue weighted by Crippen LogP contribution is 2.35. The highest BCUT2D eigenvalue weighted by molar-refractivity contribution is 9.10. The third kappa shape index (κ3) is 5.42. The number of carbonyl (C=O) groups is 4. The quantitative estimate of drug-likeness (QED) is 0.602. The lowest BCUT2D eigenvalue weighted by atomic mass is 9.99. The highest BCUT2D eigenvalue weighted by Gasteiger charge is 2.37. The number of piperidine rings is 1. The monoisotopic (exact) mass is 496 g/mol. The standard InChI is InChI=1S/C20H21BrN2O6S/c1-12-4-6-22(7-5-12)17(24)10-23-19(27)16(30-20(23)28)9-13-8-14(21)2-3-15(13)29-11-18(25)26/h2-3,8-9,12H,4-7,10-11H2,1H3,(H,25,26). The minimum atomic E-state index is -1.13. The van der Waals surface area contributed by atoms with E-state index in [0.29, 0.717) is 29.0 Å².